The maximum Gasteiger partial charge on any atom is 0.276 e. The highest BCUT2D eigenvalue weighted by Crippen LogP contribution is 2.43. The lowest BCUT2D eigenvalue weighted by molar-refractivity contribution is -0.126. The zero-order valence-electron chi connectivity index (χ0n) is 18.9. The molecule has 0 aliphatic heterocycles. The maximum atomic E-state index is 13.0. The fourth-order valence-electron chi connectivity index (χ4n) is 2.78. The van der Waals surface area contributed by atoms with Crippen molar-refractivity contribution in [3.63, 3.8) is 0 Å². The summed E-state index contributed by atoms with van der Waals surface area (Å²) >= 11 is 12.4. The molecule has 0 bridgehead atoms. The van der Waals surface area contributed by atoms with Crippen molar-refractivity contribution in [2.75, 3.05) is 31.9 Å². The highest BCUT2D eigenvalue weighted by Gasteiger charge is 2.29. The Balaban J connectivity index is 2.39. The Morgan fingerprint density at radius 1 is 1.00 bits per heavy atom. The van der Waals surface area contributed by atoms with Crippen LogP contribution in [-0.2, 0) is 9.59 Å². The number of hydrogen-bond acceptors (Lipinski definition) is 8. The van der Waals surface area contributed by atoms with E-state index in [4.69, 9.17) is 42.3 Å². The van der Waals surface area contributed by atoms with Crippen molar-refractivity contribution < 1.29 is 28.5 Å². The number of methoxy groups -OCH3 is 2. The summed E-state index contributed by atoms with van der Waals surface area (Å²) in [5.74, 6) is 0.0302. The molecule has 33 heavy (non-hydrogen) atoms. The van der Waals surface area contributed by atoms with Crippen molar-refractivity contribution in [1.82, 2.24) is 0 Å². The van der Waals surface area contributed by atoms with Gasteiger partial charge in [0.2, 0.25) is 6.04 Å². The number of amides is 1. The highest BCUT2D eigenvalue weighted by atomic mass is 35.5. The number of carbonyl (C=O) groups excluding carboxylic acids is 2. The number of ether oxygens (including phenoxy) is 4. The zero-order valence-corrected chi connectivity index (χ0v) is 20.4. The summed E-state index contributed by atoms with van der Waals surface area (Å²) in [7, 11) is 2.94. The van der Waals surface area contributed by atoms with Crippen LogP contribution in [0.4, 0.5) is 11.4 Å². The first-order valence-electron chi connectivity index (χ1n) is 10.00. The second kappa shape index (κ2) is 12.3. The summed E-state index contributed by atoms with van der Waals surface area (Å²) in [6, 6.07) is 6.24. The van der Waals surface area contributed by atoms with Gasteiger partial charge in [-0.25, -0.2) is 4.42 Å². The van der Waals surface area contributed by atoms with E-state index in [2.05, 4.69) is 10.2 Å². The molecule has 11 heteroatoms. The number of hydrogen-bond donors (Lipinski definition) is 0. The van der Waals surface area contributed by atoms with Crippen molar-refractivity contribution in [1.29, 1.82) is 0 Å². The van der Waals surface area contributed by atoms with Crippen LogP contribution in [0.3, 0.4) is 0 Å². The van der Waals surface area contributed by atoms with Crippen LogP contribution in [0.2, 0.25) is 5.02 Å². The number of rotatable bonds is 11. The average molecular weight is 498 g/mol. The van der Waals surface area contributed by atoms with Gasteiger partial charge >= 0.3 is 0 Å². The first-order chi connectivity index (χ1) is 15.8. The van der Waals surface area contributed by atoms with Crippen LogP contribution < -0.4 is 23.4 Å². The molecule has 0 heterocycles. The molecule has 1 unspecified atom stereocenters. The molecule has 0 fully saturated rings. The van der Waals surface area contributed by atoms with Gasteiger partial charge in [0.25, 0.3) is 5.91 Å². The van der Waals surface area contributed by atoms with Crippen molar-refractivity contribution >= 4 is 46.4 Å². The first kappa shape index (κ1) is 26.2. The molecule has 2 rings (SSSR count). The smallest absolute Gasteiger partial charge is 0.276 e. The molecule has 178 valence electrons. The number of azo groups is 1. The predicted octanol–water partition coefficient (Wildman–Crippen LogP) is 5.38. The molecule has 1 atom stereocenters. The molecule has 0 saturated carbocycles. The van der Waals surface area contributed by atoms with Gasteiger partial charge in [-0.15, -0.1) is 0 Å². The number of nitrogens with zero attached hydrogens (tertiary/aromatic N) is 3. The Hall–Kier alpha value is -3.04. The minimum Gasteiger partial charge on any atom is -0.493 e. The molecular formula is C22H25Cl2N3O6. The minimum absolute atomic E-state index is 0.246. The summed E-state index contributed by atoms with van der Waals surface area (Å²) < 4.78 is 22.4. The summed E-state index contributed by atoms with van der Waals surface area (Å²) in [6.07, 6.45) is 0. The van der Waals surface area contributed by atoms with Gasteiger partial charge < -0.3 is 18.9 Å². The van der Waals surface area contributed by atoms with E-state index in [1.807, 2.05) is 0 Å². The first-order valence-corrected chi connectivity index (χ1v) is 10.7. The van der Waals surface area contributed by atoms with Gasteiger partial charge in [-0.2, -0.15) is 10.2 Å². The molecule has 0 radical (unpaired) electrons. The number of benzene rings is 2. The normalized spacial score (nSPS) is 11.7. The molecule has 2 aromatic rings. The van der Waals surface area contributed by atoms with Crippen LogP contribution in [-0.4, -0.2) is 45.2 Å². The van der Waals surface area contributed by atoms with E-state index >= 15 is 0 Å². The third-order valence-corrected chi connectivity index (χ3v) is 4.97. The minimum atomic E-state index is -1.49. The van der Waals surface area contributed by atoms with Gasteiger partial charge in [-0.3, -0.25) is 9.59 Å². The Morgan fingerprint density at radius 3 is 2.21 bits per heavy atom. The van der Waals surface area contributed by atoms with Crippen LogP contribution in [0, 0.1) is 0 Å². The van der Waals surface area contributed by atoms with Crippen LogP contribution in [0.1, 0.15) is 20.8 Å². The van der Waals surface area contributed by atoms with Gasteiger partial charge in [-0.05, 0) is 45.0 Å². The third kappa shape index (κ3) is 6.27. The van der Waals surface area contributed by atoms with E-state index in [-0.39, 0.29) is 17.1 Å². The van der Waals surface area contributed by atoms with Crippen molar-refractivity contribution in [3.05, 3.63) is 35.4 Å². The largest absolute Gasteiger partial charge is 0.493 e. The second-order valence-corrected chi connectivity index (χ2v) is 7.22. The van der Waals surface area contributed by atoms with Crippen LogP contribution in [0.25, 0.3) is 0 Å². The zero-order chi connectivity index (χ0) is 24.5. The fraction of sp³-hybridized carbons (Fsp3) is 0.364. The van der Waals surface area contributed by atoms with Crippen molar-refractivity contribution in [2.45, 2.75) is 26.8 Å². The second-order valence-electron chi connectivity index (χ2n) is 6.48. The maximum absolute atomic E-state index is 13.0. The third-order valence-electron chi connectivity index (χ3n) is 4.31. The summed E-state index contributed by atoms with van der Waals surface area (Å²) in [5, 5.41) is 8.37. The highest BCUT2D eigenvalue weighted by molar-refractivity contribution is 6.39. The number of halogens is 2. The molecule has 0 N–H and O–H groups in total. The molecule has 0 spiro atoms. The summed E-state index contributed by atoms with van der Waals surface area (Å²) in [4.78, 5) is 25.2. The van der Waals surface area contributed by atoms with Gasteiger partial charge in [0, 0.05) is 17.8 Å². The Morgan fingerprint density at radius 2 is 1.64 bits per heavy atom. The number of Topliss-reactive ketones (excluding diaryl/α,β-unsaturated/α-hetero) is 1. The topological polar surface area (TPSA) is 99.0 Å². The molecule has 2 aromatic carbocycles. The lowest BCUT2D eigenvalue weighted by atomic mass is 10.2. The summed E-state index contributed by atoms with van der Waals surface area (Å²) in [6.45, 7) is 5.47. The van der Waals surface area contributed by atoms with Gasteiger partial charge in [-0.1, -0.05) is 11.6 Å². The van der Waals surface area contributed by atoms with E-state index < -0.39 is 17.7 Å². The molecule has 0 aliphatic rings. The van der Waals surface area contributed by atoms with Gasteiger partial charge in [0.15, 0.2) is 28.8 Å². The molecule has 9 nitrogen and oxygen atoms in total. The molecular weight excluding hydrogens is 473 g/mol. The van der Waals surface area contributed by atoms with Gasteiger partial charge in [0.05, 0.1) is 38.1 Å². The van der Waals surface area contributed by atoms with Gasteiger partial charge in [0.1, 0.15) is 5.69 Å². The van der Waals surface area contributed by atoms with E-state index in [1.54, 1.807) is 38.1 Å². The lowest BCUT2D eigenvalue weighted by Gasteiger charge is -2.18. The average Bonchev–Trinajstić information content (AvgIpc) is 2.81. The van der Waals surface area contributed by atoms with Crippen LogP contribution >= 0.6 is 23.4 Å². The van der Waals surface area contributed by atoms with Crippen LogP contribution in [0.15, 0.2) is 40.6 Å². The standard InChI is InChI=1S/C22H25Cl2N3O6/c1-6-32-20-15(23)9-10-16(21(20)33-7-2)25-26-19(13(3)28)22(29)27(24)14-8-11-17(30-4)18(12-14)31-5/h8-12,19H,6-7H2,1-5H3. The molecule has 0 aliphatic carbocycles. The SMILES string of the molecule is CCOc1c(Cl)ccc(N=NC(C(C)=O)C(=O)N(Cl)c2ccc(OC)c(OC)c2)c1OCC. The Labute approximate surface area is 202 Å². The van der Waals surface area contributed by atoms with E-state index in [0.717, 1.165) is 4.42 Å². The summed E-state index contributed by atoms with van der Waals surface area (Å²) in [5.41, 5.74) is 0.511. The Kier molecular flexibility index (Phi) is 9.74. The lowest BCUT2D eigenvalue weighted by Crippen LogP contribution is -2.36. The molecule has 0 saturated heterocycles. The van der Waals surface area contributed by atoms with Crippen LogP contribution in [0.5, 0.6) is 23.0 Å². The van der Waals surface area contributed by atoms with Crippen molar-refractivity contribution in [3.8, 4) is 23.0 Å². The molecule has 0 aromatic heterocycles. The van der Waals surface area contributed by atoms with E-state index in [0.29, 0.717) is 35.5 Å². The molecule has 1 amide bonds. The Bertz CT molecular complexity index is 1030. The van der Waals surface area contributed by atoms with E-state index in [9.17, 15) is 9.59 Å². The number of carbonyl (C=O) groups is 2. The quantitative estimate of drug-likeness (QED) is 0.234. The number of ketones is 1. The van der Waals surface area contributed by atoms with Crippen molar-refractivity contribution in [2.24, 2.45) is 10.2 Å². The monoisotopic (exact) mass is 497 g/mol. The predicted molar refractivity (Wildman–Crippen MR) is 126 cm³/mol. The van der Waals surface area contributed by atoms with E-state index in [1.165, 1.54) is 27.2 Å². The number of anilines is 1. The fourth-order valence-corrected chi connectivity index (χ4v) is 3.18.